The Balaban J connectivity index is 2.38. The zero-order chi connectivity index (χ0) is 16.7. The lowest BCUT2D eigenvalue weighted by Gasteiger charge is -2.08. The van der Waals surface area contributed by atoms with E-state index in [-0.39, 0.29) is 0 Å². The molecule has 0 spiro atoms. The molecule has 0 bridgehead atoms. The minimum absolute atomic E-state index is 0.401. The van der Waals surface area contributed by atoms with Gasteiger partial charge in [0.25, 0.3) is 0 Å². The smallest absolute Gasteiger partial charge is 0.340 e. The first kappa shape index (κ1) is 15.4. The molecule has 3 aromatic rings. The van der Waals surface area contributed by atoms with Crippen molar-refractivity contribution < 1.29 is 9.53 Å². The van der Waals surface area contributed by atoms with Crippen molar-refractivity contribution in [3.63, 3.8) is 0 Å². The Kier molecular flexibility index (Phi) is 3.77. The fourth-order valence-electron chi connectivity index (χ4n) is 2.64. The number of aromatic nitrogens is 3. The summed E-state index contributed by atoms with van der Waals surface area (Å²) >= 11 is 5.39. The lowest BCUT2D eigenvalue weighted by atomic mass is 10.1. The lowest BCUT2D eigenvalue weighted by Crippen LogP contribution is -2.06. The van der Waals surface area contributed by atoms with Crippen molar-refractivity contribution in [3.8, 4) is 11.3 Å². The minimum atomic E-state index is -0.401. The fraction of sp³-hybridized carbons (Fsp3) is 0.235. The highest BCUT2D eigenvalue weighted by Crippen LogP contribution is 2.26. The van der Waals surface area contributed by atoms with Crippen molar-refractivity contribution in [2.75, 3.05) is 7.11 Å². The highest BCUT2D eigenvalue weighted by molar-refractivity contribution is 7.71. The van der Waals surface area contributed by atoms with Crippen molar-refractivity contribution in [2.45, 2.75) is 6.92 Å². The zero-order valence-corrected chi connectivity index (χ0v) is 14.3. The van der Waals surface area contributed by atoms with E-state index in [1.165, 1.54) is 12.7 Å². The van der Waals surface area contributed by atoms with E-state index >= 15 is 0 Å². The normalized spacial score (nSPS) is 11.0. The Morgan fingerprint density at radius 3 is 2.43 bits per heavy atom. The third kappa shape index (κ3) is 2.45. The lowest BCUT2D eigenvalue weighted by molar-refractivity contribution is 0.0602. The number of hydrogen-bond acceptors (Lipinski definition) is 4. The number of fused-ring (bicyclic) bond motifs is 1. The number of pyridine rings is 1. The Hall–Kier alpha value is -2.47. The molecular weight excluding hydrogens is 310 g/mol. The average molecular weight is 327 g/mol. The second-order valence-electron chi connectivity index (χ2n) is 5.49. The van der Waals surface area contributed by atoms with Gasteiger partial charge in [-0.1, -0.05) is 29.8 Å². The first-order chi connectivity index (χ1) is 10.9. The van der Waals surface area contributed by atoms with Gasteiger partial charge in [0.1, 0.15) is 5.52 Å². The van der Waals surface area contributed by atoms with Crippen LogP contribution in [0.25, 0.3) is 22.4 Å². The second-order valence-corrected chi connectivity index (χ2v) is 5.85. The quantitative estimate of drug-likeness (QED) is 0.535. The van der Waals surface area contributed by atoms with E-state index in [9.17, 15) is 4.79 Å². The summed E-state index contributed by atoms with van der Waals surface area (Å²) in [6.45, 7) is 2.03. The van der Waals surface area contributed by atoms with Crippen LogP contribution < -0.4 is 0 Å². The first-order valence-electron chi connectivity index (χ1n) is 7.16. The minimum Gasteiger partial charge on any atom is -0.465 e. The van der Waals surface area contributed by atoms with Gasteiger partial charge in [-0.15, -0.1) is 0 Å². The number of methoxy groups -OCH3 is 1. The molecule has 0 saturated heterocycles. The van der Waals surface area contributed by atoms with E-state index in [0.29, 0.717) is 27.2 Å². The number of ether oxygens (including phenoxy) is 1. The van der Waals surface area contributed by atoms with Crippen LogP contribution in [0.2, 0.25) is 0 Å². The van der Waals surface area contributed by atoms with Crippen molar-refractivity contribution in [1.82, 2.24) is 14.1 Å². The van der Waals surface area contributed by atoms with E-state index in [1.807, 2.05) is 45.3 Å². The van der Waals surface area contributed by atoms with Crippen LogP contribution in [0.3, 0.4) is 0 Å². The average Bonchev–Trinajstić information content (AvgIpc) is 2.78. The molecule has 0 unspecified atom stereocenters. The number of esters is 1. The van der Waals surface area contributed by atoms with Crippen LogP contribution in [-0.2, 0) is 18.8 Å². The summed E-state index contributed by atoms with van der Waals surface area (Å²) < 4.78 is 9.11. The van der Waals surface area contributed by atoms with Crippen molar-refractivity contribution >= 4 is 29.4 Å². The van der Waals surface area contributed by atoms with E-state index in [4.69, 9.17) is 21.9 Å². The molecule has 118 valence electrons. The summed E-state index contributed by atoms with van der Waals surface area (Å²) in [5, 5.41) is 0. The number of nitrogens with zero attached hydrogens (tertiary/aromatic N) is 3. The van der Waals surface area contributed by atoms with E-state index in [1.54, 1.807) is 15.2 Å². The third-order valence-corrected chi connectivity index (χ3v) is 4.50. The monoisotopic (exact) mass is 327 g/mol. The molecule has 3 rings (SSSR count). The Morgan fingerprint density at radius 2 is 1.83 bits per heavy atom. The van der Waals surface area contributed by atoms with E-state index in [0.717, 1.165) is 5.56 Å². The van der Waals surface area contributed by atoms with Gasteiger partial charge in [0, 0.05) is 19.7 Å². The number of rotatable bonds is 2. The molecule has 0 aliphatic rings. The molecule has 2 aromatic heterocycles. The van der Waals surface area contributed by atoms with Gasteiger partial charge in [-0.3, -0.25) is 0 Å². The summed E-state index contributed by atoms with van der Waals surface area (Å²) in [6, 6.07) is 9.77. The molecule has 0 amide bonds. The summed E-state index contributed by atoms with van der Waals surface area (Å²) in [7, 11) is 5.04. The maximum atomic E-state index is 12.2. The molecule has 2 heterocycles. The van der Waals surface area contributed by atoms with Crippen LogP contribution in [0.4, 0.5) is 0 Å². The number of carbonyl (C=O) groups excluding carboxylic acids is 1. The molecule has 6 heteroatoms. The summed E-state index contributed by atoms with van der Waals surface area (Å²) in [4.78, 5) is 16.9. The molecule has 23 heavy (non-hydrogen) atoms. The van der Waals surface area contributed by atoms with E-state index < -0.39 is 5.97 Å². The van der Waals surface area contributed by atoms with Crippen molar-refractivity contribution in [3.05, 3.63) is 46.2 Å². The predicted octanol–water partition coefficient (Wildman–Crippen LogP) is 3.40. The number of aryl methyl sites for hydroxylation is 3. The first-order valence-corrected chi connectivity index (χ1v) is 7.56. The maximum Gasteiger partial charge on any atom is 0.340 e. The molecular formula is C17H17N3O2S. The predicted molar refractivity (Wildman–Crippen MR) is 92.0 cm³/mol. The van der Waals surface area contributed by atoms with Crippen LogP contribution in [0.1, 0.15) is 15.9 Å². The highest BCUT2D eigenvalue weighted by atomic mass is 32.1. The molecule has 0 atom stereocenters. The molecule has 5 nitrogen and oxygen atoms in total. The Morgan fingerprint density at radius 1 is 1.17 bits per heavy atom. The van der Waals surface area contributed by atoms with Gasteiger partial charge >= 0.3 is 5.97 Å². The molecule has 0 aliphatic heterocycles. The van der Waals surface area contributed by atoms with Gasteiger partial charge in [-0.05, 0) is 25.2 Å². The third-order valence-electron chi connectivity index (χ3n) is 3.95. The molecule has 0 saturated carbocycles. The molecule has 1 aromatic carbocycles. The number of imidazole rings is 1. The van der Waals surface area contributed by atoms with Gasteiger partial charge in [-0.2, -0.15) is 0 Å². The summed E-state index contributed by atoms with van der Waals surface area (Å²) in [5.74, 6) is -0.401. The van der Waals surface area contributed by atoms with Crippen LogP contribution in [0.5, 0.6) is 0 Å². The standard InChI is InChI=1S/C17H17N3O2S/c1-10-5-7-11(8-6-10)13-9-12(16(21)22-4)14-15(18-13)20(3)17(23)19(14)2/h5-9H,1-4H3. The molecule has 0 fully saturated rings. The highest BCUT2D eigenvalue weighted by Gasteiger charge is 2.19. The Bertz CT molecular complexity index is 968. The van der Waals surface area contributed by atoms with Crippen molar-refractivity contribution in [1.29, 1.82) is 0 Å². The molecule has 0 aliphatic carbocycles. The second kappa shape index (κ2) is 5.62. The van der Waals surface area contributed by atoms with Crippen molar-refractivity contribution in [2.24, 2.45) is 14.1 Å². The maximum absolute atomic E-state index is 12.2. The van der Waals surface area contributed by atoms with E-state index in [2.05, 4.69) is 0 Å². The number of benzene rings is 1. The SMILES string of the molecule is COC(=O)c1cc(-c2ccc(C)cc2)nc2c1n(C)c(=S)n2C. The van der Waals surface area contributed by atoms with Gasteiger partial charge in [0.05, 0.1) is 18.4 Å². The van der Waals surface area contributed by atoms with Gasteiger partial charge in [0.15, 0.2) is 10.4 Å². The fourth-order valence-corrected chi connectivity index (χ4v) is 2.82. The summed E-state index contributed by atoms with van der Waals surface area (Å²) in [6.07, 6.45) is 0. The largest absolute Gasteiger partial charge is 0.465 e. The van der Waals surface area contributed by atoms with Crippen LogP contribution in [-0.4, -0.2) is 27.2 Å². The Labute approximate surface area is 139 Å². The van der Waals surface area contributed by atoms with Gasteiger partial charge < -0.3 is 13.9 Å². The zero-order valence-electron chi connectivity index (χ0n) is 13.5. The molecule has 0 radical (unpaired) electrons. The number of hydrogen-bond donors (Lipinski definition) is 0. The van der Waals surface area contributed by atoms with Crippen LogP contribution in [0, 0.1) is 11.7 Å². The molecule has 0 N–H and O–H groups in total. The van der Waals surface area contributed by atoms with Crippen LogP contribution >= 0.6 is 12.2 Å². The summed E-state index contributed by atoms with van der Waals surface area (Å²) in [5.41, 5.74) is 4.63. The van der Waals surface area contributed by atoms with Gasteiger partial charge in [0.2, 0.25) is 0 Å². The van der Waals surface area contributed by atoms with Crippen LogP contribution in [0.15, 0.2) is 30.3 Å². The topological polar surface area (TPSA) is 49.0 Å². The number of carbonyl (C=O) groups is 1. The van der Waals surface area contributed by atoms with Gasteiger partial charge in [-0.25, -0.2) is 9.78 Å².